The van der Waals surface area contributed by atoms with Crippen LogP contribution in [-0.4, -0.2) is 22.1 Å². The zero-order valence-corrected chi connectivity index (χ0v) is 11.1. The first-order valence-corrected chi connectivity index (χ1v) is 6.02. The van der Waals surface area contributed by atoms with Gasteiger partial charge in [0, 0.05) is 5.56 Å². The minimum Gasteiger partial charge on any atom is -0.508 e. The molecule has 3 N–H and O–H groups in total. The number of carboxylic acid groups (broad SMARTS) is 1. The normalized spacial score (nSPS) is 10.2. The van der Waals surface area contributed by atoms with Crippen molar-refractivity contribution < 1.29 is 24.2 Å². The molecule has 5 nitrogen and oxygen atoms in total. The fraction of sp³-hybridized carbons (Fsp3) is 0.0667. The van der Waals surface area contributed by atoms with Crippen molar-refractivity contribution in [1.29, 1.82) is 0 Å². The average molecular weight is 289 g/mol. The Morgan fingerprint density at radius 2 is 1.76 bits per heavy atom. The zero-order chi connectivity index (χ0) is 15.6. The first kappa shape index (κ1) is 14.5. The summed E-state index contributed by atoms with van der Waals surface area (Å²) in [7, 11) is 0. The van der Waals surface area contributed by atoms with E-state index in [2.05, 4.69) is 5.32 Å². The minimum absolute atomic E-state index is 0.0148. The standard InChI is InChI=1S/C15H12FNO4/c1-8-6-10(18)3-5-11(8)14(19)17-13-7-9(16)2-4-12(13)15(20)21/h2-7,18H,1H3,(H,17,19)(H,20,21). The van der Waals surface area contributed by atoms with Crippen LogP contribution in [0.5, 0.6) is 5.75 Å². The summed E-state index contributed by atoms with van der Waals surface area (Å²) in [6.07, 6.45) is 0. The number of anilines is 1. The third-order valence-corrected chi connectivity index (χ3v) is 2.91. The van der Waals surface area contributed by atoms with E-state index in [1.54, 1.807) is 6.92 Å². The van der Waals surface area contributed by atoms with Crippen LogP contribution in [0.2, 0.25) is 0 Å². The summed E-state index contributed by atoms with van der Waals surface area (Å²) in [5, 5.41) is 20.7. The van der Waals surface area contributed by atoms with Crippen molar-refractivity contribution in [2.24, 2.45) is 0 Å². The Bertz CT molecular complexity index is 728. The van der Waals surface area contributed by atoms with Gasteiger partial charge in [0.05, 0.1) is 11.3 Å². The molecule has 1 amide bonds. The van der Waals surface area contributed by atoms with Gasteiger partial charge in [-0.3, -0.25) is 4.79 Å². The molecule has 0 heterocycles. The fourth-order valence-electron chi connectivity index (χ4n) is 1.90. The van der Waals surface area contributed by atoms with E-state index in [4.69, 9.17) is 5.11 Å². The second kappa shape index (κ2) is 5.62. The molecule has 2 aromatic carbocycles. The highest BCUT2D eigenvalue weighted by Gasteiger charge is 2.15. The number of aryl methyl sites for hydroxylation is 1. The number of halogens is 1. The number of phenolic OH excluding ortho intramolecular Hbond substituents is 1. The summed E-state index contributed by atoms with van der Waals surface area (Å²) in [6, 6.07) is 7.17. The number of hydrogen-bond donors (Lipinski definition) is 3. The molecule has 0 saturated heterocycles. The Morgan fingerprint density at radius 1 is 1.10 bits per heavy atom. The number of carboxylic acids is 1. The Morgan fingerprint density at radius 3 is 2.38 bits per heavy atom. The Labute approximate surface area is 119 Å². The van der Waals surface area contributed by atoms with Gasteiger partial charge in [-0.2, -0.15) is 0 Å². The number of aromatic hydroxyl groups is 1. The molecule has 21 heavy (non-hydrogen) atoms. The monoisotopic (exact) mass is 289 g/mol. The molecule has 0 aromatic heterocycles. The first-order chi connectivity index (χ1) is 9.88. The summed E-state index contributed by atoms with van der Waals surface area (Å²) in [5.41, 5.74) is 0.440. The van der Waals surface area contributed by atoms with Gasteiger partial charge >= 0.3 is 5.97 Å². The molecule has 0 bridgehead atoms. The molecule has 0 spiro atoms. The van der Waals surface area contributed by atoms with Gasteiger partial charge in [-0.15, -0.1) is 0 Å². The molecule has 0 radical (unpaired) electrons. The Hall–Kier alpha value is -2.89. The number of carbonyl (C=O) groups excluding carboxylic acids is 1. The smallest absolute Gasteiger partial charge is 0.337 e. The molecular formula is C15H12FNO4. The summed E-state index contributed by atoms with van der Waals surface area (Å²) < 4.78 is 13.2. The number of rotatable bonds is 3. The van der Waals surface area contributed by atoms with E-state index in [-0.39, 0.29) is 22.6 Å². The summed E-state index contributed by atoms with van der Waals surface area (Å²) in [6.45, 7) is 1.62. The van der Waals surface area contributed by atoms with Crippen molar-refractivity contribution in [3.8, 4) is 5.75 Å². The van der Waals surface area contributed by atoms with Crippen LogP contribution in [0.15, 0.2) is 36.4 Å². The first-order valence-electron chi connectivity index (χ1n) is 6.02. The van der Waals surface area contributed by atoms with Crippen LogP contribution in [0.4, 0.5) is 10.1 Å². The predicted octanol–water partition coefficient (Wildman–Crippen LogP) is 2.79. The predicted molar refractivity (Wildman–Crippen MR) is 74.2 cm³/mol. The van der Waals surface area contributed by atoms with Crippen LogP contribution in [0.1, 0.15) is 26.3 Å². The maximum atomic E-state index is 13.2. The second-order valence-corrected chi connectivity index (χ2v) is 4.45. The van der Waals surface area contributed by atoms with Crippen LogP contribution < -0.4 is 5.32 Å². The average Bonchev–Trinajstić information content (AvgIpc) is 2.37. The number of carbonyl (C=O) groups is 2. The molecule has 0 unspecified atom stereocenters. The van der Waals surface area contributed by atoms with E-state index >= 15 is 0 Å². The maximum absolute atomic E-state index is 13.2. The Kier molecular flexibility index (Phi) is 3.89. The molecule has 2 aromatic rings. The summed E-state index contributed by atoms with van der Waals surface area (Å²) in [4.78, 5) is 23.2. The molecule has 108 valence electrons. The highest BCUT2D eigenvalue weighted by Crippen LogP contribution is 2.21. The van der Waals surface area contributed by atoms with E-state index < -0.39 is 17.7 Å². The number of phenols is 1. The minimum atomic E-state index is -1.27. The van der Waals surface area contributed by atoms with Crippen LogP contribution >= 0.6 is 0 Å². The molecule has 0 fully saturated rings. The lowest BCUT2D eigenvalue weighted by Gasteiger charge is -2.10. The molecule has 0 aliphatic carbocycles. The quantitative estimate of drug-likeness (QED) is 0.811. The fourth-order valence-corrected chi connectivity index (χ4v) is 1.90. The molecule has 0 aliphatic heterocycles. The number of aromatic carboxylic acids is 1. The highest BCUT2D eigenvalue weighted by molar-refractivity contribution is 6.08. The zero-order valence-electron chi connectivity index (χ0n) is 11.1. The molecular weight excluding hydrogens is 277 g/mol. The van der Waals surface area contributed by atoms with Crippen molar-refractivity contribution in [2.45, 2.75) is 6.92 Å². The lowest BCUT2D eigenvalue weighted by atomic mass is 10.1. The van der Waals surface area contributed by atoms with Gasteiger partial charge in [-0.25, -0.2) is 9.18 Å². The summed E-state index contributed by atoms with van der Waals surface area (Å²) >= 11 is 0. The van der Waals surface area contributed by atoms with E-state index in [0.29, 0.717) is 5.56 Å². The molecule has 2 rings (SSSR count). The van der Waals surface area contributed by atoms with E-state index in [1.807, 2.05) is 0 Å². The largest absolute Gasteiger partial charge is 0.508 e. The van der Waals surface area contributed by atoms with Gasteiger partial charge in [-0.05, 0) is 48.9 Å². The third kappa shape index (κ3) is 3.17. The molecule has 0 aliphatic rings. The van der Waals surface area contributed by atoms with Gasteiger partial charge in [-0.1, -0.05) is 0 Å². The van der Waals surface area contributed by atoms with Crippen molar-refractivity contribution in [3.63, 3.8) is 0 Å². The van der Waals surface area contributed by atoms with Gasteiger partial charge in [0.25, 0.3) is 5.91 Å². The summed E-state index contributed by atoms with van der Waals surface area (Å²) in [5.74, 6) is -2.49. The van der Waals surface area contributed by atoms with Gasteiger partial charge in [0.15, 0.2) is 0 Å². The maximum Gasteiger partial charge on any atom is 0.337 e. The van der Waals surface area contributed by atoms with E-state index in [0.717, 1.165) is 18.2 Å². The number of hydrogen-bond acceptors (Lipinski definition) is 3. The Balaban J connectivity index is 2.35. The van der Waals surface area contributed by atoms with E-state index in [1.165, 1.54) is 18.2 Å². The number of amides is 1. The second-order valence-electron chi connectivity index (χ2n) is 4.45. The SMILES string of the molecule is Cc1cc(O)ccc1C(=O)Nc1cc(F)ccc1C(=O)O. The molecule has 0 atom stereocenters. The van der Waals surface area contributed by atoms with Gasteiger partial charge in [0.1, 0.15) is 11.6 Å². The van der Waals surface area contributed by atoms with Crippen LogP contribution in [0, 0.1) is 12.7 Å². The van der Waals surface area contributed by atoms with Gasteiger partial charge < -0.3 is 15.5 Å². The highest BCUT2D eigenvalue weighted by atomic mass is 19.1. The number of benzene rings is 2. The lowest BCUT2D eigenvalue weighted by molar-refractivity contribution is 0.0698. The van der Waals surface area contributed by atoms with Crippen molar-refractivity contribution in [2.75, 3.05) is 5.32 Å². The van der Waals surface area contributed by atoms with Gasteiger partial charge in [0.2, 0.25) is 0 Å². The van der Waals surface area contributed by atoms with E-state index in [9.17, 15) is 19.1 Å². The third-order valence-electron chi connectivity index (χ3n) is 2.91. The van der Waals surface area contributed by atoms with Crippen LogP contribution in [0.25, 0.3) is 0 Å². The lowest BCUT2D eigenvalue weighted by Crippen LogP contribution is -2.16. The molecule has 6 heteroatoms. The van der Waals surface area contributed by atoms with Crippen LogP contribution in [-0.2, 0) is 0 Å². The molecule has 0 saturated carbocycles. The van der Waals surface area contributed by atoms with Crippen LogP contribution in [0.3, 0.4) is 0 Å². The van der Waals surface area contributed by atoms with Crippen molar-refractivity contribution in [1.82, 2.24) is 0 Å². The topological polar surface area (TPSA) is 86.6 Å². The van der Waals surface area contributed by atoms with Crippen molar-refractivity contribution in [3.05, 3.63) is 58.9 Å². The van der Waals surface area contributed by atoms with Crippen molar-refractivity contribution >= 4 is 17.6 Å². The number of nitrogens with one attached hydrogen (secondary N) is 1.